The van der Waals surface area contributed by atoms with Crippen molar-refractivity contribution in [3.8, 4) is 5.75 Å². The first kappa shape index (κ1) is 13.5. The number of benzene rings is 2. The van der Waals surface area contributed by atoms with Crippen LogP contribution in [-0.2, 0) is 4.74 Å². The van der Waals surface area contributed by atoms with Gasteiger partial charge in [-0.15, -0.1) is 0 Å². The Hall–Kier alpha value is -2.43. The first-order chi connectivity index (χ1) is 9.87. The number of phenolic OH excluding ortho intramolecular Hbond substituents is 1. The molecule has 1 aliphatic rings. The van der Waals surface area contributed by atoms with Crippen LogP contribution in [0.2, 0.25) is 0 Å². The maximum absolute atomic E-state index is 12.3. The van der Waals surface area contributed by atoms with Gasteiger partial charge in [0.25, 0.3) is 0 Å². The van der Waals surface area contributed by atoms with E-state index in [0.717, 1.165) is 16.5 Å². The van der Waals surface area contributed by atoms with Gasteiger partial charge in [0.1, 0.15) is 11.4 Å². The summed E-state index contributed by atoms with van der Waals surface area (Å²) in [6.45, 7) is 5.81. The molecule has 0 aromatic heterocycles. The van der Waals surface area contributed by atoms with E-state index >= 15 is 0 Å². The molecule has 21 heavy (non-hydrogen) atoms. The molecule has 1 aliphatic heterocycles. The van der Waals surface area contributed by atoms with Crippen molar-refractivity contribution in [1.82, 2.24) is 0 Å². The Balaban J connectivity index is 2.05. The van der Waals surface area contributed by atoms with Gasteiger partial charge in [0, 0.05) is 16.8 Å². The van der Waals surface area contributed by atoms with E-state index in [0.29, 0.717) is 12.4 Å². The third-order valence-electron chi connectivity index (χ3n) is 3.32. The third kappa shape index (κ3) is 2.35. The number of amides is 1. The van der Waals surface area contributed by atoms with Crippen molar-refractivity contribution in [3.05, 3.63) is 30.3 Å². The zero-order valence-corrected chi connectivity index (χ0v) is 12.3. The molecule has 1 heterocycles. The maximum atomic E-state index is 12.3. The number of carbonyl (C=O) groups is 1. The third-order valence-corrected chi connectivity index (χ3v) is 3.32. The maximum Gasteiger partial charge on any atom is 0.416 e. The monoisotopic (exact) mass is 286 g/mol. The number of anilines is 2. The normalized spacial score (nSPS) is 14.0. The van der Waals surface area contributed by atoms with E-state index in [1.807, 2.05) is 45.0 Å². The average molecular weight is 286 g/mol. The van der Waals surface area contributed by atoms with Crippen LogP contribution >= 0.6 is 0 Å². The van der Waals surface area contributed by atoms with Crippen LogP contribution in [0.1, 0.15) is 20.8 Å². The molecule has 110 valence electrons. The van der Waals surface area contributed by atoms with Gasteiger partial charge in [0.2, 0.25) is 0 Å². The second-order valence-electron chi connectivity index (χ2n) is 6.08. The molecule has 0 aliphatic carbocycles. The number of phenols is 1. The van der Waals surface area contributed by atoms with Crippen molar-refractivity contribution in [2.24, 2.45) is 0 Å². The number of aromatic hydroxyl groups is 1. The predicted molar refractivity (Wildman–Crippen MR) is 82.8 cm³/mol. The zero-order chi connectivity index (χ0) is 15.2. The van der Waals surface area contributed by atoms with E-state index in [1.165, 1.54) is 4.90 Å². The Morgan fingerprint density at radius 1 is 1.29 bits per heavy atom. The molecule has 0 spiro atoms. The molecule has 0 radical (unpaired) electrons. The summed E-state index contributed by atoms with van der Waals surface area (Å²) >= 11 is 0. The molecule has 0 bridgehead atoms. The largest absolute Gasteiger partial charge is 0.507 e. The van der Waals surface area contributed by atoms with Gasteiger partial charge in [-0.3, -0.25) is 4.90 Å². The van der Waals surface area contributed by atoms with Gasteiger partial charge < -0.3 is 15.2 Å². The van der Waals surface area contributed by atoms with Crippen molar-refractivity contribution < 1.29 is 14.6 Å². The topological polar surface area (TPSA) is 61.8 Å². The fourth-order valence-electron chi connectivity index (χ4n) is 2.46. The molecular weight excluding hydrogens is 268 g/mol. The summed E-state index contributed by atoms with van der Waals surface area (Å²) in [6, 6.07) is 9.14. The minimum Gasteiger partial charge on any atom is -0.507 e. The van der Waals surface area contributed by atoms with E-state index in [4.69, 9.17) is 4.74 Å². The summed E-state index contributed by atoms with van der Waals surface area (Å²) in [5, 5.41) is 15.0. The number of carbonyl (C=O) groups excluding carboxylic acids is 1. The van der Waals surface area contributed by atoms with Crippen LogP contribution in [0, 0.1) is 0 Å². The lowest BCUT2D eigenvalue weighted by Crippen LogP contribution is -2.36. The van der Waals surface area contributed by atoms with E-state index in [1.54, 1.807) is 6.07 Å². The highest BCUT2D eigenvalue weighted by molar-refractivity contribution is 6.09. The average Bonchev–Trinajstić information content (AvgIpc) is 2.81. The van der Waals surface area contributed by atoms with E-state index in [-0.39, 0.29) is 5.75 Å². The number of rotatable bonds is 0. The molecule has 0 saturated carbocycles. The Morgan fingerprint density at radius 2 is 1.95 bits per heavy atom. The SMILES string of the molecule is CC(C)(C)OC(=O)N1CNc2c1cc(O)c1ccccc21. The second kappa shape index (κ2) is 4.55. The van der Waals surface area contributed by atoms with Crippen LogP contribution in [-0.4, -0.2) is 23.5 Å². The summed E-state index contributed by atoms with van der Waals surface area (Å²) < 4.78 is 5.40. The van der Waals surface area contributed by atoms with E-state index in [9.17, 15) is 9.90 Å². The molecule has 3 rings (SSSR count). The minimum absolute atomic E-state index is 0.154. The fraction of sp³-hybridized carbons (Fsp3) is 0.312. The van der Waals surface area contributed by atoms with E-state index < -0.39 is 11.7 Å². The lowest BCUT2D eigenvalue weighted by molar-refractivity contribution is 0.0585. The highest BCUT2D eigenvalue weighted by atomic mass is 16.6. The van der Waals surface area contributed by atoms with Crippen LogP contribution in [0.4, 0.5) is 16.2 Å². The standard InChI is InChI=1S/C16H18N2O3/c1-16(2,3)21-15(20)18-9-17-14-11-7-5-4-6-10(11)13(19)8-12(14)18/h4-8,17,19H,9H2,1-3H3. The van der Waals surface area contributed by atoms with Crippen molar-refractivity contribution in [3.63, 3.8) is 0 Å². The summed E-state index contributed by atoms with van der Waals surface area (Å²) in [7, 11) is 0. The molecule has 0 unspecified atom stereocenters. The van der Waals surface area contributed by atoms with Crippen molar-refractivity contribution >= 4 is 28.2 Å². The first-order valence-electron chi connectivity index (χ1n) is 6.86. The van der Waals surface area contributed by atoms with Crippen LogP contribution < -0.4 is 10.2 Å². The Morgan fingerprint density at radius 3 is 2.62 bits per heavy atom. The van der Waals surface area contributed by atoms with Gasteiger partial charge in [-0.1, -0.05) is 24.3 Å². The lowest BCUT2D eigenvalue weighted by atomic mass is 10.1. The summed E-state index contributed by atoms with van der Waals surface area (Å²) in [5.41, 5.74) is 0.924. The second-order valence-corrected chi connectivity index (χ2v) is 6.08. The molecule has 0 atom stereocenters. The van der Waals surface area contributed by atoms with Crippen LogP contribution in [0.15, 0.2) is 30.3 Å². The summed E-state index contributed by atoms with van der Waals surface area (Å²) in [4.78, 5) is 13.7. The van der Waals surface area contributed by atoms with Gasteiger partial charge >= 0.3 is 6.09 Å². The van der Waals surface area contributed by atoms with Crippen molar-refractivity contribution in [2.45, 2.75) is 26.4 Å². The molecule has 0 fully saturated rings. The zero-order valence-electron chi connectivity index (χ0n) is 12.3. The van der Waals surface area contributed by atoms with Gasteiger partial charge in [-0.2, -0.15) is 0 Å². The number of fused-ring (bicyclic) bond motifs is 3. The Kier molecular flexibility index (Phi) is 2.93. The van der Waals surface area contributed by atoms with E-state index in [2.05, 4.69) is 5.32 Å². The number of nitrogens with one attached hydrogen (secondary N) is 1. The van der Waals surface area contributed by atoms with Gasteiger partial charge in [-0.05, 0) is 20.8 Å². The molecule has 5 nitrogen and oxygen atoms in total. The molecule has 1 amide bonds. The van der Waals surface area contributed by atoms with Gasteiger partial charge in [-0.25, -0.2) is 4.79 Å². The molecular formula is C16H18N2O3. The Bertz CT molecular complexity index is 719. The highest BCUT2D eigenvalue weighted by Crippen LogP contribution is 2.42. The van der Waals surface area contributed by atoms with Crippen molar-refractivity contribution in [2.75, 3.05) is 16.9 Å². The number of nitrogens with zero attached hydrogens (tertiary/aromatic N) is 1. The molecule has 2 aromatic rings. The number of hydrogen-bond donors (Lipinski definition) is 2. The smallest absolute Gasteiger partial charge is 0.416 e. The van der Waals surface area contributed by atoms with Crippen molar-refractivity contribution in [1.29, 1.82) is 0 Å². The summed E-state index contributed by atoms with van der Waals surface area (Å²) in [6.07, 6.45) is -0.427. The summed E-state index contributed by atoms with van der Waals surface area (Å²) in [5.74, 6) is 0.154. The quantitative estimate of drug-likeness (QED) is 0.725. The first-order valence-corrected chi connectivity index (χ1v) is 6.86. The molecule has 5 heteroatoms. The van der Waals surface area contributed by atoms with Crippen LogP contribution in [0.25, 0.3) is 10.8 Å². The van der Waals surface area contributed by atoms with Gasteiger partial charge in [0.15, 0.2) is 0 Å². The fourth-order valence-corrected chi connectivity index (χ4v) is 2.46. The number of ether oxygens (including phenoxy) is 1. The van der Waals surface area contributed by atoms with Crippen LogP contribution in [0.5, 0.6) is 5.75 Å². The molecule has 2 aromatic carbocycles. The minimum atomic E-state index is -0.557. The predicted octanol–water partition coefficient (Wildman–Crippen LogP) is 3.67. The number of hydrogen-bond acceptors (Lipinski definition) is 4. The lowest BCUT2D eigenvalue weighted by Gasteiger charge is -2.24. The molecule has 2 N–H and O–H groups in total. The van der Waals surface area contributed by atoms with Gasteiger partial charge in [0.05, 0.1) is 18.0 Å². The highest BCUT2D eigenvalue weighted by Gasteiger charge is 2.30. The van der Waals surface area contributed by atoms with Crippen LogP contribution in [0.3, 0.4) is 0 Å². The molecule has 0 saturated heterocycles. The Labute approximate surface area is 123 Å².